The highest BCUT2D eigenvalue weighted by Crippen LogP contribution is 2.29. The van der Waals surface area contributed by atoms with Crippen molar-refractivity contribution in [2.24, 2.45) is 0 Å². The fourth-order valence-electron chi connectivity index (χ4n) is 1.76. The minimum absolute atomic E-state index is 0.537. The summed E-state index contributed by atoms with van der Waals surface area (Å²) >= 11 is 0. The van der Waals surface area contributed by atoms with Gasteiger partial charge in [-0.2, -0.15) is 0 Å². The summed E-state index contributed by atoms with van der Waals surface area (Å²) < 4.78 is 11.3. The first-order valence-corrected chi connectivity index (χ1v) is 7.23. The lowest BCUT2D eigenvalue weighted by Gasteiger charge is -2.12. The highest BCUT2D eigenvalue weighted by atomic mass is 16.5. The molecule has 5 nitrogen and oxygen atoms in total. The molecule has 0 spiro atoms. The van der Waals surface area contributed by atoms with E-state index in [1.165, 1.54) is 6.08 Å². The molecule has 0 bridgehead atoms. The number of benzene rings is 1. The van der Waals surface area contributed by atoms with Gasteiger partial charge in [-0.25, -0.2) is 5.48 Å². The van der Waals surface area contributed by atoms with Gasteiger partial charge in [0.05, 0.1) is 13.2 Å². The van der Waals surface area contributed by atoms with Crippen molar-refractivity contribution >= 4 is 12.0 Å². The lowest BCUT2D eigenvalue weighted by atomic mass is 10.2. The molecule has 116 valence electrons. The number of hydrogen-bond donors (Lipinski definition) is 2. The Morgan fingerprint density at radius 2 is 2.05 bits per heavy atom. The molecule has 1 amide bonds. The van der Waals surface area contributed by atoms with Crippen molar-refractivity contribution in [2.75, 3.05) is 13.2 Å². The Morgan fingerprint density at radius 3 is 2.71 bits per heavy atom. The molecule has 2 N–H and O–H groups in total. The highest BCUT2D eigenvalue weighted by Gasteiger charge is 2.05. The number of ether oxygens (including phenoxy) is 2. The zero-order valence-electron chi connectivity index (χ0n) is 12.6. The van der Waals surface area contributed by atoms with E-state index in [1.807, 2.05) is 19.1 Å². The van der Waals surface area contributed by atoms with Crippen LogP contribution in [0.5, 0.6) is 11.5 Å². The van der Waals surface area contributed by atoms with Crippen LogP contribution in [0, 0.1) is 0 Å². The molecule has 0 aliphatic rings. The molecule has 0 fully saturated rings. The van der Waals surface area contributed by atoms with Gasteiger partial charge in [-0.15, -0.1) is 0 Å². The fraction of sp³-hybridized carbons (Fsp3) is 0.438. The van der Waals surface area contributed by atoms with E-state index >= 15 is 0 Å². The first-order valence-electron chi connectivity index (χ1n) is 7.23. The smallest absolute Gasteiger partial charge is 0.267 e. The predicted molar refractivity (Wildman–Crippen MR) is 81.6 cm³/mol. The van der Waals surface area contributed by atoms with Crippen molar-refractivity contribution in [3.8, 4) is 11.5 Å². The van der Waals surface area contributed by atoms with Crippen LogP contribution in [0.2, 0.25) is 0 Å². The van der Waals surface area contributed by atoms with E-state index in [0.717, 1.165) is 24.8 Å². The van der Waals surface area contributed by atoms with E-state index in [0.29, 0.717) is 24.7 Å². The number of amides is 1. The molecule has 0 unspecified atom stereocenters. The summed E-state index contributed by atoms with van der Waals surface area (Å²) in [6, 6.07) is 5.46. The van der Waals surface area contributed by atoms with E-state index in [9.17, 15) is 4.79 Å². The second kappa shape index (κ2) is 9.83. The van der Waals surface area contributed by atoms with Gasteiger partial charge in [0.15, 0.2) is 11.5 Å². The molecule has 0 aliphatic heterocycles. The third-order valence-corrected chi connectivity index (χ3v) is 2.81. The van der Waals surface area contributed by atoms with E-state index in [2.05, 4.69) is 6.92 Å². The van der Waals surface area contributed by atoms with E-state index in [-0.39, 0.29) is 0 Å². The van der Waals surface area contributed by atoms with Gasteiger partial charge in [0, 0.05) is 6.08 Å². The van der Waals surface area contributed by atoms with Crippen LogP contribution in [0.1, 0.15) is 38.7 Å². The normalized spacial score (nSPS) is 10.6. The molecule has 21 heavy (non-hydrogen) atoms. The molecule has 5 heteroatoms. The molecule has 0 heterocycles. The minimum Gasteiger partial charge on any atom is -0.490 e. The first-order chi connectivity index (χ1) is 10.2. The lowest BCUT2D eigenvalue weighted by molar-refractivity contribution is -0.124. The minimum atomic E-state index is -0.576. The topological polar surface area (TPSA) is 67.8 Å². The van der Waals surface area contributed by atoms with Gasteiger partial charge >= 0.3 is 0 Å². The summed E-state index contributed by atoms with van der Waals surface area (Å²) in [6.07, 6.45) is 6.14. The molecule has 0 saturated heterocycles. The monoisotopic (exact) mass is 293 g/mol. The lowest BCUT2D eigenvalue weighted by Crippen LogP contribution is -2.14. The van der Waals surface area contributed by atoms with Gasteiger partial charge in [-0.1, -0.05) is 25.8 Å². The highest BCUT2D eigenvalue weighted by molar-refractivity contribution is 5.90. The summed E-state index contributed by atoms with van der Waals surface area (Å²) in [5, 5.41) is 8.44. The summed E-state index contributed by atoms with van der Waals surface area (Å²) in [6.45, 7) is 5.25. The zero-order valence-corrected chi connectivity index (χ0v) is 12.6. The molecule has 0 atom stereocenters. The van der Waals surface area contributed by atoms with E-state index in [4.69, 9.17) is 14.7 Å². The van der Waals surface area contributed by atoms with Gasteiger partial charge in [-0.3, -0.25) is 10.0 Å². The van der Waals surface area contributed by atoms with Crippen LogP contribution in [0.4, 0.5) is 0 Å². The maximum Gasteiger partial charge on any atom is 0.267 e. The Kier molecular flexibility index (Phi) is 7.97. The van der Waals surface area contributed by atoms with Crippen molar-refractivity contribution in [3.05, 3.63) is 29.8 Å². The molecule has 0 aliphatic carbocycles. The summed E-state index contributed by atoms with van der Waals surface area (Å²) in [5.41, 5.74) is 2.34. The maximum atomic E-state index is 11.0. The Balaban J connectivity index is 2.75. The van der Waals surface area contributed by atoms with Gasteiger partial charge in [0.25, 0.3) is 5.91 Å². The number of carbonyl (C=O) groups is 1. The van der Waals surface area contributed by atoms with Gasteiger partial charge in [0.1, 0.15) is 0 Å². The SMILES string of the molecule is CCCCCOc1ccc(/C=C/C(=O)NO)cc1OCC. The van der Waals surface area contributed by atoms with Crippen LogP contribution >= 0.6 is 0 Å². The molecule has 0 aromatic heterocycles. The average molecular weight is 293 g/mol. The number of unbranched alkanes of at least 4 members (excludes halogenated alkanes) is 2. The zero-order chi connectivity index (χ0) is 15.5. The molecule has 0 radical (unpaired) electrons. The number of carbonyl (C=O) groups excluding carboxylic acids is 1. The number of hydroxylamine groups is 1. The fourth-order valence-corrected chi connectivity index (χ4v) is 1.76. The van der Waals surface area contributed by atoms with Gasteiger partial charge in [-0.05, 0) is 37.1 Å². The van der Waals surface area contributed by atoms with Crippen molar-refractivity contribution in [3.63, 3.8) is 0 Å². The standard InChI is InChI=1S/C16H23NO4/c1-3-5-6-11-21-14-9-7-13(8-10-16(18)17-19)12-15(14)20-4-2/h7-10,12,19H,3-6,11H2,1-2H3,(H,17,18)/b10-8+. The molecule has 0 saturated carbocycles. The number of nitrogens with one attached hydrogen (secondary N) is 1. The first kappa shape index (κ1) is 17.0. The third-order valence-electron chi connectivity index (χ3n) is 2.81. The van der Waals surface area contributed by atoms with Crippen LogP contribution in [0.15, 0.2) is 24.3 Å². The van der Waals surface area contributed by atoms with E-state index < -0.39 is 5.91 Å². The van der Waals surface area contributed by atoms with Gasteiger partial charge < -0.3 is 9.47 Å². The van der Waals surface area contributed by atoms with Crippen molar-refractivity contribution < 1.29 is 19.5 Å². The Bertz CT molecular complexity index is 471. The second-order valence-electron chi connectivity index (χ2n) is 4.50. The van der Waals surface area contributed by atoms with Crippen LogP contribution < -0.4 is 15.0 Å². The summed E-state index contributed by atoms with van der Waals surface area (Å²) in [5.74, 6) is 0.783. The summed E-state index contributed by atoms with van der Waals surface area (Å²) in [7, 11) is 0. The molecular weight excluding hydrogens is 270 g/mol. The Labute approximate surface area is 125 Å². The third kappa shape index (κ3) is 6.31. The largest absolute Gasteiger partial charge is 0.490 e. The van der Waals surface area contributed by atoms with Crippen molar-refractivity contribution in [1.29, 1.82) is 0 Å². The van der Waals surface area contributed by atoms with Gasteiger partial charge in [0.2, 0.25) is 0 Å². The van der Waals surface area contributed by atoms with Crippen molar-refractivity contribution in [1.82, 2.24) is 5.48 Å². The number of rotatable bonds is 9. The quantitative estimate of drug-likeness (QED) is 0.317. The average Bonchev–Trinajstić information content (AvgIpc) is 2.51. The molecule has 1 rings (SSSR count). The maximum absolute atomic E-state index is 11.0. The molecule has 1 aromatic rings. The van der Waals surface area contributed by atoms with Crippen LogP contribution in [-0.4, -0.2) is 24.3 Å². The second-order valence-corrected chi connectivity index (χ2v) is 4.50. The van der Waals surface area contributed by atoms with E-state index in [1.54, 1.807) is 17.6 Å². The van der Waals surface area contributed by atoms with Crippen LogP contribution in [0.25, 0.3) is 6.08 Å². The Morgan fingerprint density at radius 1 is 1.24 bits per heavy atom. The van der Waals surface area contributed by atoms with Crippen molar-refractivity contribution in [2.45, 2.75) is 33.1 Å². The molecule has 1 aromatic carbocycles. The van der Waals surface area contributed by atoms with Crippen LogP contribution in [0.3, 0.4) is 0 Å². The number of hydrogen-bond acceptors (Lipinski definition) is 4. The predicted octanol–water partition coefficient (Wildman–Crippen LogP) is 3.17. The summed E-state index contributed by atoms with van der Waals surface area (Å²) in [4.78, 5) is 11.0. The van der Waals surface area contributed by atoms with Crippen LogP contribution in [-0.2, 0) is 4.79 Å². The molecular formula is C16H23NO4. The Hall–Kier alpha value is -2.01.